The van der Waals surface area contributed by atoms with Gasteiger partial charge in [0.2, 0.25) is 0 Å². The molecule has 136 valence electrons. The van der Waals surface area contributed by atoms with E-state index in [1.54, 1.807) is 30.9 Å². The largest absolute Gasteiger partial charge is 0.493 e. The van der Waals surface area contributed by atoms with E-state index in [0.717, 1.165) is 36.5 Å². The number of halogens is 1. The molecule has 0 bridgehead atoms. The summed E-state index contributed by atoms with van der Waals surface area (Å²) in [4.78, 5) is 13.5. The Bertz CT molecular complexity index is 1020. The quantitative estimate of drug-likeness (QED) is 0.756. The first-order valence-corrected chi connectivity index (χ1v) is 8.83. The molecule has 3 aromatic rings. The number of nitrogens with zero attached hydrogens (tertiary/aromatic N) is 1. The number of oxazole rings is 1. The van der Waals surface area contributed by atoms with Gasteiger partial charge in [0.05, 0.1) is 26.3 Å². The highest BCUT2D eigenvalue weighted by atomic mass is 35.5. The predicted octanol–water partition coefficient (Wildman–Crippen LogP) is 1.86. The second-order valence-electron chi connectivity index (χ2n) is 6.47. The SMILES string of the molecule is COc1cc2c(cc1OC)C[NH+](Cn1c(=O)oc3cc(Cl)ccc31)CC2. The molecule has 1 N–H and O–H groups in total. The van der Waals surface area contributed by atoms with Crippen LogP contribution in [0.5, 0.6) is 11.5 Å². The number of rotatable bonds is 4. The molecule has 1 aromatic heterocycles. The maximum absolute atomic E-state index is 12.3. The van der Waals surface area contributed by atoms with Gasteiger partial charge < -0.3 is 18.8 Å². The van der Waals surface area contributed by atoms with E-state index in [4.69, 9.17) is 25.5 Å². The number of hydrogen-bond acceptors (Lipinski definition) is 4. The summed E-state index contributed by atoms with van der Waals surface area (Å²) < 4.78 is 17.8. The zero-order chi connectivity index (χ0) is 18.3. The minimum atomic E-state index is -0.354. The second kappa shape index (κ2) is 6.70. The van der Waals surface area contributed by atoms with Crippen molar-refractivity contribution in [1.82, 2.24) is 4.57 Å². The van der Waals surface area contributed by atoms with Gasteiger partial charge in [-0.25, -0.2) is 9.36 Å². The van der Waals surface area contributed by atoms with E-state index < -0.39 is 0 Å². The van der Waals surface area contributed by atoms with Crippen molar-refractivity contribution in [3.8, 4) is 11.5 Å². The van der Waals surface area contributed by atoms with Gasteiger partial charge in [0, 0.05) is 23.1 Å². The first-order valence-electron chi connectivity index (χ1n) is 8.45. The molecule has 7 heteroatoms. The van der Waals surface area contributed by atoms with Gasteiger partial charge in [-0.1, -0.05) is 11.6 Å². The molecule has 1 aliphatic rings. The van der Waals surface area contributed by atoms with Crippen molar-refractivity contribution in [3.05, 3.63) is 57.0 Å². The normalized spacial score (nSPS) is 16.5. The van der Waals surface area contributed by atoms with Crippen LogP contribution in [0.25, 0.3) is 11.1 Å². The van der Waals surface area contributed by atoms with Crippen molar-refractivity contribution in [2.45, 2.75) is 19.6 Å². The number of hydrogen-bond donors (Lipinski definition) is 1. The fourth-order valence-electron chi connectivity index (χ4n) is 3.58. The molecule has 1 unspecified atom stereocenters. The molecule has 6 nitrogen and oxygen atoms in total. The summed E-state index contributed by atoms with van der Waals surface area (Å²) in [6.45, 7) is 2.28. The number of benzene rings is 2. The maximum Gasteiger partial charge on any atom is 0.424 e. The van der Waals surface area contributed by atoms with Gasteiger partial charge >= 0.3 is 5.76 Å². The molecule has 1 atom stereocenters. The maximum atomic E-state index is 12.3. The summed E-state index contributed by atoms with van der Waals surface area (Å²) in [7, 11) is 3.29. The Labute approximate surface area is 155 Å². The smallest absolute Gasteiger partial charge is 0.424 e. The molecule has 0 fully saturated rings. The highest BCUT2D eigenvalue weighted by Gasteiger charge is 2.24. The molecular weight excluding hydrogens is 356 g/mol. The van der Waals surface area contributed by atoms with Crippen LogP contribution in [0, 0.1) is 0 Å². The van der Waals surface area contributed by atoms with Crippen LogP contribution < -0.4 is 20.1 Å². The Morgan fingerprint density at radius 3 is 2.62 bits per heavy atom. The van der Waals surface area contributed by atoms with E-state index >= 15 is 0 Å². The third-order valence-electron chi connectivity index (χ3n) is 4.91. The molecule has 1 aliphatic heterocycles. The molecule has 2 aromatic carbocycles. The second-order valence-corrected chi connectivity index (χ2v) is 6.91. The number of quaternary nitrogens is 1. The summed E-state index contributed by atoms with van der Waals surface area (Å²) in [6.07, 6.45) is 0.918. The van der Waals surface area contributed by atoms with Gasteiger partial charge in [0.25, 0.3) is 0 Å². The van der Waals surface area contributed by atoms with Crippen LogP contribution in [-0.4, -0.2) is 25.3 Å². The average molecular weight is 376 g/mol. The van der Waals surface area contributed by atoms with E-state index in [-0.39, 0.29) is 5.76 Å². The Morgan fingerprint density at radius 1 is 1.15 bits per heavy atom. The van der Waals surface area contributed by atoms with Gasteiger partial charge in [-0.3, -0.25) is 0 Å². The Morgan fingerprint density at radius 2 is 1.88 bits per heavy atom. The molecule has 2 heterocycles. The highest BCUT2D eigenvalue weighted by molar-refractivity contribution is 6.31. The van der Waals surface area contributed by atoms with Gasteiger partial charge in [-0.05, 0) is 29.8 Å². The van der Waals surface area contributed by atoms with E-state index in [1.807, 2.05) is 18.2 Å². The van der Waals surface area contributed by atoms with Gasteiger partial charge in [0.15, 0.2) is 23.8 Å². The third kappa shape index (κ3) is 2.95. The molecule has 4 rings (SSSR count). The Kier molecular flexibility index (Phi) is 4.38. The van der Waals surface area contributed by atoms with Crippen LogP contribution in [0.1, 0.15) is 11.1 Å². The van der Waals surface area contributed by atoms with Gasteiger partial charge in [-0.15, -0.1) is 0 Å². The fraction of sp³-hybridized carbons (Fsp3) is 0.316. The van der Waals surface area contributed by atoms with Crippen molar-refractivity contribution < 1.29 is 18.8 Å². The molecule has 0 spiro atoms. The zero-order valence-electron chi connectivity index (χ0n) is 14.7. The van der Waals surface area contributed by atoms with E-state index in [1.165, 1.54) is 16.0 Å². The molecule has 26 heavy (non-hydrogen) atoms. The van der Waals surface area contributed by atoms with Crippen molar-refractivity contribution in [1.29, 1.82) is 0 Å². The van der Waals surface area contributed by atoms with Crippen LogP contribution in [0.2, 0.25) is 5.02 Å². The number of methoxy groups -OCH3 is 2. The monoisotopic (exact) mass is 375 g/mol. The van der Waals surface area contributed by atoms with Crippen molar-refractivity contribution in [3.63, 3.8) is 0 Å². The first kappa shape index (κ1) is 17.0. The first-order chi connectivity index (χ1) is 12.6. The van der Waals surface area contributed by atoms with Crippen LogP contribution in [0.15, 0.2) is 39.5 Å². The molecule has 0 saturated carbocycles. The minimum absolute atomic E-state index is 0.354. The lowest BCUT2D eigenvalue weighted by Crippen LogP contribution is -3.11. The zero-order valence-corrected chi connectivity index (χ0v) is 15.4. The number of ether oxygens (including phenoxy) is 2. The summed E-state index contributed by atoms with van der Waals surface area (Å²) >= 11 is 5.98. The van der Waals surface area contributed by atoms with E-state index in [9.17, 15) is 4.79 Å². The Balaban J connectivity index is 1.62. The van der Waals surface area contributed by atoms with Crippen molar-refractivity contribution in [2.24, 2.45) is 0 Å². The standard InChI is InChI=1S/C19H19ClN2O4/c1-24-17-7-12-5-6-21(10-13(12)8-18(17)25-2)11-22-15-4-3-14(20)9-16(15)26-19(22)23/h3-4,7-9H,5-6,10-11H2,1-2H3/p+1. The van der Waals surface area contributed by atoms with Gasteiger partial charge in [-0.2, -0.15) is 0 Å². The molecule has 0 aliphatic carbocycles. The number of fused-ring (bicyclic) bond motifs is 2. The fourth-order valence-corrected chi connectivity index (χ4v) is 3.74. The predicted molar refractivity (Wildman–Crippen MR) is 98.3 cm³/mol. The molecular formula is C19H20ClN2O4+. The molecule has 0 saturated heterocycles. The average Bonchev–Trinajstić information content (AvgIpc) is 2.94. The van der Waals surface area contributed by atoms with Crippen molar-refractivity contribution in [2.75, 3.05) is 20.8 Å². The number of aromatic nitrogens is 1. The third-order valence-corrected chi connectivity index (χ3v) is 5.14. The minimum Gasteiger partial charge on any atom is -0.493 e. The topological polar surface area (TPSA) is 58.0 Å². The lowest BCUT2D eigenvalue weighted by atomic mass is 9.99. The van der Waals surface area contributed by atoms with E-state index in [0.29, 0.717) is 17.3 Å². The van der Waals surface area contributed by atoms with Gasteiger partial charge in [0.1, 0.15) is 6.54 Å². The Hall–Kier alpha value is -2.44. The van der Waals surface area contributed by atoms with E-state index in [2.05, 4.69) is 0 Å². The van der Waals surface area contributed by atoms with Crippen LogP contribution in [0.4, 0.5) is 0 Å². The highest BCUT2D eigenvalue weighted by Crippen LogP contribution is 2.31. The summed E-state index contributed by atoms with van der Waals surface area (Å²) in [6, 6.07) is 9.35. The summed E-state index contributed by atoms with van der Waals surface area (Å²) in [5.41, 5.74) is 3.77. The number of nitrogens with one attached hydrogen (secondary N) is 1. The molecule has 0 amide bonds. The van der Waals surface area contributed by atoms with Crippen LogP contribution in [-0.2, 0) is 19.6 Å². The summed E-state index contributed by atoms with van der Waals surface area (Å²) in [5.74, 6) is 1.13. The summed E-state index contributed by atoms with van der Waals surface area (Å²) in [5, 5.41) is 0.554. The molecule has 0 radical (unpaired) electrons. The lowest BCUT2D eigenvalue weighted by molar-refractivity contribution is -0.938. The van der Waals surface area contributed by atoms with Crippen molar-refractivity contribution >= 4 is 22.7 Å². The van der Waals surface area contributed by atoms with Crippen LogP contribution >= 0.6 is 11.6 Å². The lowest BCUT2D eigenvalue weighted by Gasteiger charge is -2.26. The van der Waals surface area contributed by atoms with Crippen LogP contribution in [0.3, 0.4) is 0 Å².